The largest absolute Gasteiger partial charge is 0.478 e. The highest BCUT2D eigenvalue weighted by atomic mass is 16.5. The van der Waals surface area contributed by atoms with Gasteiger partial charge in [0.25, 0.3) is 0 Å². The first kappa shape index (κ1) is 26.6. The highest BCUT2D eigenvalue weighted by molar-refractivity contribution is 6.03. The Labute approximate surface area is 202 Å². The van der Waals surface area contributed by atoms with E-state index >= 15 is 0 Å². The van der Waals surface area contributed by atoms with E-state index in [1.54, 1.807) is 6.07 Å². The molecule has 1 aromatic carbocycles. The van der Waals surface area contributed by atoms with Crippen LogP contribution in [0.1, 0.15) is 125 Å². The second-order valence-electron chi connectivity index (χ2n) is 12.7. The van der Waals surface area contributed by atoms with Crippen molar-refractivity contribution in [1.29, 1.82) is 0 Å². The minimum atomic E-state index is -1.27. The summed E-state index contributed by atoms with van der Waals surface area (Å²) >= 11 is 0. The molecule has 0 saturated carbocycles. The zero-order valence-electron chi connectivity index (χ0n) is 21.6. The minimum Gasteiger partial charge on any atom is -0.478 e. The molecular formula is C26H40N2O6. The van der Waals surface area contributed by atoms with E-state index in [4.69, 9.17) is 0 Å². The van der Waals surface area contributed by atoms with Crippen LogP contribution in [0.15, 0.2) is 12.1 Å². The maximum atomic E-state index is 12.5. The molecule has 0 bridgehead atoms. The highest BCUT2D eigenvalue weighted by Crippen LogP contribution is 2.51. The maximum Gasteiger partial charge on any atom is 0.336 e. The third kappa shape index (κ3) is 4.49. The first-order valence-electron chi connectivity index (χ1n) is 11.9. The lowest BCUT2D eigenvalue weighted by Gasteiger charge is -2.53. The van der Waals surface area contributed by atoms with Crippen LogP contribution < -0.4 is 0 Å². The summed E-state index contributed by atoms with van der Waals surface area (Å²) in [4.78, 5) is 24.6. The van der Waals surface area contributed by atoms with Gasteiger partial charge in [-0.3, -0.25) is 0 Å². The minimum absolute atomic E-state index is 0.0669. The molecule has 0 spiro atoms. The highest BCUT2D eigenvalue weighted by Gasteiger charge is 2.49. The van der Waals surface area contributed by atoms with E-state index in [-0.39, 0.29) is 23.0 Å². The second-order valence-corrected chi connectivity index (χ2v) is 12.7. The lowest BCUT2D eigenvalue weighted by molar-refractivity contribution is -0.246. The van der Waals surface area contributed by atoms with Crippen molar-refractivity contribution in [3.05, 3.63) is 34.4 Å². The SMILES string of the molecule is CC1(C)CC(c2ccc(C(=O)O)c(C(=O)O)c2C2CC(C)(C)N(O)C(C)(C)C2)CC(C)(C)N1O. The average Bonchev–Trinajstić information content (AvgIpc) is 2.67. The van der Waals surface area contributed by atoms with Crippen molar-refractivity contribution in [3.8, 4) is 0 Å². The summed E-state index contributed by atoms with van der Waals surface area (Å²) in [5.74, 6) is -2.85. The van der Waals surface area contributed by atoms with Gasteiger partial charge in [-0.1, -0.05) is 6.07 Å². The molecule has 3 rings (SSSR count). The molecule has 2 fully saturated rings. The van der Waals surface area contributed by atoms with Gasteiger partial charge in [0.1, 0.15) is 0 Å². The summed E-state index contributed by atoms with van der Waals surface area (Å²) in [7, 11) is 0. The van der Waals surface area contributed by atoms with Gasteiger partial charge in [0.2, 0.25) is 0 Å². The molecule has 190 valence electrons. The summed E-state index contributed by atoms with van der Waals surface area (Å²) < 4.78 is 0. The topological polar surface area (TPSA) is 122 Å². The van der Waals surface area contributed by atoms with Crippen LogP contribution in [0.4, 0.5) is 0 Å². The van der Waals surface area contributed by atoms with Gasteiger partial charge in [0, 0.05) is 22.2 Å². The van der Waals surface area contributed by atoms with Crippen LogP contribution in [-0.4, -0.2) is 64.8 Å². The van der Waals surface area contributed by atoms with Crippen LogP contribution >= 0.6 is 0 Å². The number of piperidine rings is 2. The van der Waals surface area contributed by atoms with E-state index in [0.717, 1.165) is 5.56 Å². The van der Waals surface area contributed by atoms with Crippen LogP contribution in [0.3, 0.4) is 0 Å². The third-order valence-electron chi connectivity index (χ3n) is 7.85. The summed E-state index contributed by atoms with van der Waals surface area (Å²) in [6.07, 6.45) is 2.15. The monoisotopic (exact) mass is 476 g/mol. The number of carboxylic acid groups (broad SMARTS) is 2. The molecule has 2 heterocycles. The second kappa shape index (κ2) is 8.29. The van der Waals surface area contributed by atoms with Crippen LogP contribution in [0.25, 0.3) is 0 Å². The van der Waals surface area contributed by atoms with Crippen molar-refractivity contribution in [3.63, 3.8) is 0 Å². The van der Waals surface area contributed by atoms with E-state index in [0.29, 0.717) is 31.2 Å². The average molecular weight is 477 g/mol. The normalized spacial score (nSPS) is 25.2. The predicted molar refractivity (Wildman–Crippen MR) is 128 cm³/mol. The molecule has 2 aliphatic heterocycles. The fraction of sp³-hybridized carbons (Fsp3) is 0.692. The Kier molecular flexibility index (Phi) is 6.49. The van der Waals surface area contributed by atoms with Crippen LogP contribution in [0.2, 0.25) is 0 Å². The molecule has 34 heavy (non-hydrogen) atoms. The van der Waals surface area contributed by atoms with Crippen LogP contribution in [0, 0.1) is 0 Å². The van der Waals surface area contributed by atoms with Gasteiger partial charge in [-0.25, -0.2) is 9.59 Å². The molecule has 0 aromatic heterocycles. The lowest BCUT2D eigenvalue weighted by Crippen LogP contribution is -2.59. The maximum absolute atomic E-state index is 12.5. The molecule has 0 atom stereocenters. The number of hydrogen-bond donors (Lipinski definition) is 4. The molecule has 0 aliphatic carbocycles. The number of benzene rings is 1. The molecule has 0 amide bonds. The molecular weight excluding hydrogens is 436 g/mol. The Morgan fingerprint density at radius 3 is 1.44 bits per heavy atom. The Morgan fingerprint density at radius 2 is 1.09 bits per heavy atom. The molecule has 8 nitrogen and oxygen atoms in total. The van der Waals surface area contributed by atoms with Gasteiger partial charge in [-0.05, 0) is 110 Å². The molecule has 8 heteroatoms. The number of carbonyl (C=O) groups is 2. The molecule has 1 aromatic rings. The van der Waals surface area contributed by atoms with E-state index in [1.807, 2.05) is 55.4 Å². The van der Waals surface area contributed by atoms with Gasteiger partial charge < -0.3 is 20.6 Å². The summed E-state index contributed by atoms with van der Waals surface area (Å²) in [6.45, 7) is 15.5. The van der Waals surface area contributed by atoms with Crippen molar-refractivity contribution < 1.29 is 30.2 Å². The van der Waals surface area contributed by atoms with E-state index < -0.39 is 34.1 Å². The van der Waals surface area contributed by atoms with Gasteiger partial charge in [-0.2, -0.15) is 10.1 Å². The van der Waals surface area contributed by atoms with Crippen molar-refractivity contribution in [1.82, 2.24) is 10.1 Å². The van der Waals surface area contributed by atoms with Crippen LogP contribution in [-0.2, 0) is 0 Å². The van der Waals surface area contributed by atoms with Crippen molar-refractivity contribution >= 4 is 11.9 Å². The first-order chi connectivity index (χ1) is 15.3. The fourth-order valence-electron chi connectivity index (χ4n) is 6.81. The van der Waals surface area contributed by atoms with Crippen molar-refractivity contribution in [2.75, 3.05) is 0 Å². The predicted octanol–water partition coefficient (Wildman–Crippen LogP) is 5.33. The standard InChI is InChI=1S/C26H40N2O6/c1-23(2)11-15(12-24(3,4)27(23)33)17-9-10-18(21(29)30)20(22(31)32)19(17)16-13-25(5,6)28(34)26(7,8)14-16/h9-10,15-16,33-34H,11-14H2,1-8H3,(H,29,30)(H,31,32). The number of nitrogens with zero attached hydrogens (tertiary/aromatic N) is 2. The molecule has 2 saturated heterocycles. The van der Waals surface area contributed by atoms with E-state index in [1.165, 1.54) is 16.2 Å². The lowest BCUT2D eigenvalue weighted by atomic mass is 9.66. The summed E-state index contributed by atoms with van der Waals surface area (Å²) in [5.41, 5.74) is -1.35. The molecule has 4 N–H and O–H groups in total. The number of rotatable bonds is 4. The van der Waals surface area contributed by atoms with Crippen LogP contribution in [0.5, 0.6) is 0 Å². The summed E-state index contributed by atoms with van der Waals surface area (Å²) in [6, 6.07) is 3.19. The van der Waals surface area contributed by atoms with Crippen molar-refractivity contribution in [2.24, 2.45) is 0 Å². The molecule has 0 radical (unpaired) electrons. The third-order valence-corrected chi connectivity index (χ3v) is 7.85. The zero-order valence-corrected chi connectivity index (χ0v) is 21.6. The smallest absolute Gasteiger partial charge is 0.336 e. The fourth-order valence-corrected chi connectivity index (χ4v) is 6.81. The molecule has 2 aliphatic rings. The van der Waals surface area contributed by atoms with Gasteiger partial charge >= 0.3 is 11.9 Å². The number of hydrogen-bond acceptors (Lipinski definition) is 6. The molecule has 0 unspecified atom stereocenters. The first-order valence-corrected chi connectivity index (χ1v) is 11.9. The Morgan fingerprint density at radius 1 is 0.706 bits per heavy atom. The van der Waals surface area contributed by atoms with Gasteiger partial charge in [0.05, 0.1) is 11.1 Å². The Hall–Kier alpha value is -2.00. The summed E-state index contributed by atoms with van der Waals surface area (Å²) in [5, 5.41) is 44.4. The Bertz CT molecular complexity index is 961. The quantitative estimate of drug-likeness (QED) is 0.460. The Balaban J connectivity index is 2.28. The van der Waals surface area contributed by atoms with Gasteiger partial charge in [0.15, 0.2) is 0 Å². The number of aromatic carboxylic acids is 2. The zero-order chi connectivity index (χ0) is 26.0. The number of carboxylic acids is 2. The van der Waals surface area contributed by atoms with E-state index in [9.17, 15) is 30.2 Å². The van der Waals surface area contributed by atoms with E-state index in [2.05, 4.69) is 0 Å². The number of hydroxylamine groups is 4. The van der Waals surface area contributed by atoms with Crippen molar-refractivity contribution in [2.45, 2.75) is 115 Å². The van der Waals surface area contributed by atoms with Gasteiger partial charge in [-0.15, -0.1) is 0 Å².